The second-order valence-corrected chi connectivity index (χ2v) is 6.80. The number of ether oxygens (including phenoxy) is 1. The van der Waals surface area contributed by atoms with Crippen molar-refractivity contribution in [2.75, 3.05) is 11.9 Å². The van der Waals surface area contributed by atoms with Crippen molar-refractivity contribution in [1.29, 1.82) is 0 Å². The number of aryl methyl sites for hydroxylation is 2. The Bertz CT molecular complexity index is 933. The van der Waals surface area contributed by atoms with Gasteiger partial charge >= 0.3 is 0 Å². The zero-order valence-corrected chi connectivity index (χ0v) is 16.6. The molecule has 0 unspecified atom stereocenters. The first-order valence-electron chi connectivity index (χ1n) is 8.89. The number of aromatic amines is 1. The summed E-state index contributed by atoms with van der Waals surface area (Å²) in [4.78, 5) is 11.9. The van der Waals surface area contributed by atoms with Gasteiger partial charge in [0.2, 0.25) is 0 Å². The first-order valence-corrected chi connectivity index (χ1v) is 9.30. The van der Waals surface area contributed by atoms with E-state index < -0.39 is 0 Å². The number of thiocarbonyl (C=S) groups is 1. The smallest absolute Gasteiger partial charge is 0.264 e. The van der Waals surface area contributed by atoms with Crippen LogP contribution in [-0.2, 0) is 11.2 Å². The number of amides is 1. The molecular weight excluding hydrogens is 372 g/mol. The van der Waals surface area contributed by atoms with Crippen molar-refractivity contribution in [2.24, 2.45) is 0 Å². The van der Waals surface area contributed by atoms with Gasteiger partial charge in [-0.1, -0.05) is 30.3 Å². The van der Waals surface area contributed by atoms with Gasteiger partial charge in [-0.3, -0.25) is 15.2 Å². The molecule has 0 saturated carbocycles. The van der Waals surface area contributed by atoms with Crippen molar-refractivity contribution in [3.8, 4) is 5.75 Å². The lowest BCUT2D eigenvalue weighted by atomic mass is 10.0. The molecule has 0 atom stereocenters. The molecule has 7 heteroatoms. The Morgan fingerprint density at radius 2 is 1.82 bits per heavy atom. The van der Waals surface area contributed by atoms with Gasteiger partial charge in [-0.15, -0.1) is 0 Å². The number of benzene rings is 2. The van der Waals surface area contributed by atoms with Crippen LogP contribution in [-0.4, -0.2) is 27.8 Å². The monoisotopic (exact) mass is 394 g/mol. The third kappa shape index (κ3) is 5.40. The van der Waals surface area contributed by atoms with Crippen molar-refractivity contribution in [2.45, 2.75) is 20.3 Å². The van der Waals surface area contributed by atoms with Crippen LogP contribution in [0, 0.1) is 13.8 Å². The number of H-pyrrole nitrogens is 1. The van der Waals surface area contributed by atoms with E-state index >= 15 is 0 Å². The molecule has 3 rings (SSSR count). The number of para-hydroxylation sites is 1. The molecule has 3 N–H and O–H groups in total. The van der Waals surface area contributed by atoms with Gasteiger partial charge in [-0.25, -0.2) is 0 Å². The summed E-state index contributed by atoms with van der Waals surface area (Å²) < 4.78 is 5.40. The van der Waals surface area contributed by atoms with Gasteiger partial charge in [0.05, 0.1) is 5.69 Å². The molecule has 0 aliphatic carbocycles. The van der Waals surface area contributed by atoms with Crippen LogP contribution in [0.5, 0.6) is 5.75 Å². The van der Waals surface area contributed by atoms with E-state index in [2.05, 4.69) is 20.8 Å². The second kappa shape index (κ2) is 9.14. The van der Waals surface area contributed by atoms with Crippen molar-refractivity contribution in [1.82, 2.24) is 15.5 Å². The summed E-state index contributed by atoms with van der Waals surface area (Å²) in [5.41, 5.74) is 5.28. The van der Waals surface area contributed by atoms with E-state index in [4.69, 9.17) is 17.0 Å². The minimum Gasteiger partial charge on any atom is -0.484 e. The molecule has 0 aliphatic rings. The Labute approximate surface area is 169 Å². The molecule has 144 valence electrons. The summed E-state index contributed by atoms with van der Waals surface area (Å²) >= 11 is 5.19. The van der Waals surface area contributed by atoms with Crippen LogP contribution in [0.4, 0.5) is 5.69 Å². The lowest BCUT2D eigenvalue weighted by Crippen LogP contribution is -2.37. The number of carbonyl (C=O) groups excluding carboxylic acids is 1. The van der Waals surface area contributed by atoms with E-state index in [-0.39, 0.29) is 17.6 Å². The Morgan fingerprint density at radius 1 is 1.11 bits per heavy atom. The third-order valence-electron chi connectivity index (χ3n) is 4.24. The van der Waals surface area contributed by atoms with Gasteiger partial charge < -0.3 is 10.1 Å². The first kappa shape index (κ1) is 19.6. The summed E-state index contributed by atoms with van der Waals surface area (Å²) in [6, 6.07) is 17.1. The fourth-order valence-electron chi connectivity index (χ4n) is 2.74. The Kier molecular flexibility index (Phi) is 6.39. The van der Waals surface area contributed by atoms with E-state index in [0.29, 0.717) is 5.75 Å². The highest BCUT2D eigenvalue weighted by Gasteiger charge is 2.08. The highest BCUT2D eigenvalue weighted by atomic mass is 32.1. The van der Waals surface area contributed by atoms with Crippen LogP contribution in [0.2, 0.25) is 0 Å². The van der Waals surface area contributed by atoms with Gasteiger partial charge in [0.1, 0.15) is 5.75 Å². The van der Waals surface area contributed by atoms with Crippen LogP contribution >= 0.6 is 12.2 Å². The van der Waals surface area contributed by atoms with E-state index in [0.717, 1.165) is 23.5 Å². The number of carbonyl (C=O) groups is 1. The molecule has 0 aliphatic heterocycles. The van der Waals surface area contributed by atoms with E-state index in [1.54, 1.807) is 12.1 Å². The first-order chi connectivity index (χ1) is 13.5. The largest absolute Gasteiger partial charge is 0.484 e. The molecule has 1 amide bonds. The molecular formula is C21H22N4O2S. The maximum absolute atomic E-state index is 11.9. The van der Waals surface area contributed by atoms with Crippen LogP contribution in [0.25, 0.3) is 0 Å². The zero-order valence-electron chi connectivity index (χ0n) is 15.8. The van der Waals surface area contributed by atoms with Gasteiger partial charge in [0.25, 0.3) is 5.91 Å². The molecule has 28 heavy (non-hydrogen) atoms. The van der Waals surface area contributed by atoms with Gasteiger partial charge in [0, 0.05) is 23.4 Å². The maximum atomic E-state index is 11.9. The van der Waals surface area contributed by atoms with E-state index in [1.807, 2.05) is 56.3 Å². The molecule has 0 spiro atoms. The molecule has 2 aromatic carbocycles. The SMILES string of the molecule is Cc1n[nH]c(C)c1Cc1ccc(NC(=S)NC(=O)COc2ccccc2)cc1. The second-order valence-electron chi connectivity index (χ2n) is 6.39. The number of rotatable bonds is 6. The topological polar surface area (TPSA) is 79.0 Å². The highest BCUT2D eigenvalue weighted by molar-refractivity contribution is 7.80. The van der Waals surface area contributed by atoms with Crippen molar-refractivity contribution in [3.05, 3.63) is 77.1 Å². The van der Waals surface area contributed by atoms with Crippen molar-refractivity contribution >= 4 is 28.9 Å². The third-order valence-corrected chi connectivity index (χ3v) is 4.44. The average Bonchev–Trinajstić information content (AvgIpc) is 3.00. The number of nitrogens with zero attached hydrogens (tertiary/aromatic N) is 1. The van der Waals surface area contributed by atoms with Gasteiger partial charge in [-0.2, -0.15) is 5.10 Å². The molecule has 1 heterocycles. The molecule has 3 aromatic rings. The summed E-state index contributed by atoms with van der Waals surface area (Å²) in [5.74, 6) is 0.319. The highest BCUT2D eigenvalue weighted by Crippen LogP contribution is 2.17. The van der Waals surface area contributed by atoms with Crippen LogP contribution < -0.4 is 15.4 Å². The summed E-state index contributed by atoms with van der Waals surface area (Å²) in [7, 11) is 0. The standard InChI is InChI=1S/C21H22N4O2S/c1-14-19(15(2)25-24-14)12-16-8-10-17(11-9-16)22-21(28)23-20(26)13-27-18-6-4-3-5-7-18/h3-11H,12-13H2,1-2H3,(H,24,25)(H2,22,23,26,28). The quantitative estimate of drug-likeness (QED) is 0.558. The summed E-state index contributed by atoms with van der Waals surface area (Å²) in [5, 5.41) is 13.1. The minimum atomic E-state index is -0.316. The Hall–Kier alpha value is -3.19. The number of hydrogen-bond donors (Lipinski definition) is 3. The zero-order chi connectivity index (χ0) is 19.9. The Morgan fingerprint density at radius 3 is 2.46 bits per heavy atom. The summed E-state index contributed by atoms with van der Waals surface area (Å²) in [6.45, 7) is 3.92. The fourth-order valence-corrected chi connectivity index (χ4v) is 2.97. The molecule has 0 radical (unpaired) electrons. The van der Waals surface area contributed by atoms with Crippen LogP contribution in [0.15, 0.2) is 54.6 Å². The predicted octanol–water partition coefficient (Wildman–Crippen LogP) is 3.51. The van der Waals surface area contributed by atoms with Crippen molar-refractivity contribution < 1.29 is 9.53 Å². The van der Waals surface area contributed by atoms with E-state index in [9.17, 15) is 4.79 Å². The van der Waals surface area contributed by atoms with Gasteiger partial charge in [-0.05, 0) is 55.9 Å². The molecule has 0 fully saturated rings. The van der Waals surface area contributed by atoms with Gasteiger partial charge in [0.15, 0.2) is 11.7 Å². The Balaban J connectivity index is 1.48. The molecule has 1 aromatic heterocycles. The maximum Gasteiger partial charge on any atom is 0.264 e. The average molecular weight is 395 g/mol. The fraction of sp³-hybridized carbons (Fsp3) is 0.190. The molecule has 6 nitrogen and oxygen atoms in total. The van der Waals surface area contributed by atoms with Crippen LogP contribution in [0.1, 0.15) is 22.5 Å². The summed E-state index contributed by atoms with van der Waals surface area (Å²) in [6.07, 6.45) is 0.812. The number of hydrogen-bond acceptors (Lipinski definition) is 4. The number of nitrogens with one attached hydrogen (secondary N) is 3. The number of anilines is 1. The molecule has 0 saturated heterocycles. The minimum absolute atomic E-state index is 0.103. The van der Waals surface area contributed by atoms with E-state index in [1.165, 1.54) is 11.1 Å². The lowest BCUT2D eigenvalue weighted by Gasteiger charge is -2.11. The van der Waals surface area contributed by atoms with Crippen LogP contribution in [0.3, 0.4) is 0 Å². The lowest BCUT2D eigenvalue weighted by molar-refractivity contribution is -0.121. The molecule has 0 bridgehead atoms. The number of aromatic nitrogens is 2. The van der Waals surface area contributed by atoms with Crippen molar-refractivity contribution in [3.63, 3.8) is 0 Å². The predicted molar refractivity (Wildman–Crippen MR) is 114 cm³/mol. The normalized spacial score (nSPS) is 10.4.